The molecule has 4 nitrogen and oxygen atoms in total. The van der Waals surface area contributed by atoms with Gasteiger partial charge in [-0.2, -0.15) is 0 Å². The second-order valence-corrected chi connectivity index (χ2v) is 5.44. The highest BCUT2D eigenvalue weighted by atomic mass is 16.3. The maximum absolute atomic E-state index is 12.5. The summed E-state index contributed by atoms with van der Waals surface area (Å²) in [7, 11) is 0. The van der Waals surface area contributed by atoms with Crippen molar-refractivity contribution in [1.82, 2.24) is 4.90 Å². The molecule has 1 aromatic carbocycles. The molecule has 1 aliphatic heterocycles. The molecule has 1 aromatic rings. The zero-order chi connectivity index (χ0) is 14.0. The summed E-state index contributed by atoms with van der Waals surface area (Å²) in [6, 6.07) is 7.40. The monoisotopic (exact) mass is 262 g/mol. The number of carbonyl (C=O) groups excluding carboxylic acids is 1. The van der Waals surface area contributed by atoms with Gasteiger partial charge in [0, 0.05) is 12.2 Å². The van der Waals surface area contributed by atoms with E-state index in [1.807, 2.05) is 36.1 Å². The Morgan fingerprint density at radius 2 is 2.32 bits per heavy atom. The Balaban J connectivity index is 2.15. The minimum Gasteiger partial charge on any atom is -0.399 e. The number of hydrogen-bond donors (Lipinski definition) is 2. The molecule has 0 saturated carbocycles. The second-order valence-electron chi connectivity index (χ2n) is 5.44. The van der Waals surface area contributed by atoms with Gasteiger partial charge in [0.15, 0.2) is 0 Å². The fraction of sp³-hybridized carbons (Fsp3) is 0.533. The van der Waals surface area contributed by atoms with E-state index in [4.69, 9.17) is 5.73 Å². The largest absolute Gasteiger partial charge is 0.399 e. The van der Waals surface area contributed by atoms with E-state index < -0.39 is 0 Å². The van der Waals surface area contributed by atoms with E-state index >= 15 is 0 Å². The maximum Gasteiger partial charge on any atom is 0.230 e. The minimum absolute atomic E-state index is 0.0382. The number of hydrogen-bond acceptors (Lipinski definition) is 3. The first-order valence-corrected chi connectivity index (χ1v) is 6.81. The minimum atomic E-state index is -0.220. The number of amides is 1. The van der Waals surface area contributed by atoms with Gasteiger partial charge in [-0.25, -0.2) is 0 Å². The van der Waals surface area contributed by atoms with E-state index in [1.54, 1.807) is 0 Å². The summed E-state index contributed by atoms with van der Waals surface area (Å²) in [6.45, 7) is 4.75. The molecule has 3 N–H and O–H groups in total. The van der Waals surface area contributed by atoms with Crippen molar-refractivity contribution in [1.29, 1.82) is 0 Å². The SMILES string of the molecule is CC(C(=O)N1CCC(C)C1CO)c1cccc(N)c1. The van der Waals surface area contributed by atoms with Crippen LogP contribution in [0.25, 0.3) is 0 Å². The second kappa shape index (κ2) is 5.61. The molecule has 4 heteroatoms. The summed E-state index contributed by atoms with van der Waals surface area (Å²) in [5.41, 5.74) is 7.36. The summed E-state index contributed by atoms with van der Waals surface area (Å²) in [5.74, 6) is 0.221. The first-order valence-electron chi connectivity index (χ1n) is 6.81. The smallest absolute Gasteiger partial charge is 0.230 e. The molecular formula is C15H22N2O2. The van der Waals surface area contributed by atoms with E-state index in [-0.39, 0.29) is 24.5 Å². The number of nitrogen functional groups attached to an aromatic ring is 1. The van der Waals surface area contributed by atoms with Crippen molar-refractivity contribution in [3.8, 4) is 0 Å². The number of nitrogens with two attached hydrogens (primary N) is 1. The predicted octanol–water partition coefficient (Wildman–Crippen LogP) is 1.60. The van der Waals surface area contributed by atoms with Gasteiger partial charge in [-0.3, -0.25) is 4.79 Å². The lowest BCUT2D eigenvalue weighted by Gasteiger charge is -2.28. The summed E-state index contributed by atoms with van der Waals surface area (Å²) in [4.78, 5) is 14.4. The molecular weight excluding hydrogens is 240 g/mol. The van der Waals surface area contributed by atoms with Crippen LogP contribution in [0.15, 0.2) is 24.3 Å². The van der Waals surface area contributed by atoms with Gasteiger partial charge in [0.1, 0.15) is 0 Å². The zero-order valence-electron chi connectivity index (χ0n) is 11.5. The van der Waals surface area contributed by atoms with Gasteiger partial charge in [-0.15, -0.1) is 0 Å². The number of aliphatic hydroxyl groups excluding tert-OH is 1. The molecule has 0 bridgehead atoms. The van der Waals surface area contributed by atoms with Gasteiger partial charge in [-0.05, 0) is 37.0 Å². The lowest BCUT2D eigenvalue weighted by molar-refractivity contribution is -0.134. The Kier molecular flexibility index (Phi) is 4.10. The van der Waals surface area contributed by atoms with Crippen LogP contribution in [0.5, 0.6) is 0 Å². The Bertz CT molecular complexity index is 461. The zero-order valence-corrected chi connectivity index (χ0v) is 11.5. The highest BCUT2D eigenvalue weighted by molar-refractivity contribution is 5.84. The molecule has 1 fully saturated rings. The van der Waals surface area contributed by atoms with Crippen molar-refractivity contribution in [2.24, 2.45) is 5.92 Å². The third-order valence-electron chi connectivity index (χ3n) is 4.13. The average Bonchev–Trinajstić information content (AvgIpc) is 2.78. The summed E-state index contributed by atoms with van der Waals surface area (Å²) in [5, 5.41) is 9.44. The quantitative estimate of drug-likeness (QED) is 0.813. The lowest BCUT2D eigenvalue weighted by Crippen LogP contribution is -2.41. The number of rotatable bonds is 3. The Morgan fingerprint density at radius 1 is 1.58 bits per heavy atom. The molecule has 1 heterocycles. The number of nitrogens with zero attached hydrogens (tertiary/aromatic N) is 1. The van der Waals surface area contributed by atoms with E-state index in [1.165, 1.54) is 0 Å². The van der Waals surface area contributed by atoms with E-state index in [0.29, 0.717) is 11.6 Å². The Morgan fingerprint density at radius 3 is 2.95 bits per heavy atom. The molecule has 3 atom stereocenters. The van der Waals surface area contributed by atoms with E-state index in [9.17, 15) is 9.90 Å². The van der Waals surface area contributed by atoms with Crippen LogP contribution in [0.4, 0.5) is 5.69 Å². The van der Waals surface area contributed by atoms with Crippen molar-refractivity contribution in [2.75, 3.05) is 18.9 Å². The summed E-state index contributed by atoms with van der Waals surface area (Å²) in [6.07, 6.45) is 0.959. The lowest BCUT2D eigenvalue weighted by atomic mass is 9.98. The maximum atomic E-state index is 12.5. The number of likely N-dealkylation sites (tertiary alicyclic amines) is 1. The van der Waals surface area contributed by atoms with E-state index in [0.717, 1.165) is 18.5 Å². The van der Waals surface area contributed by atoms with Crippen LogP contribution in [0.2, 0.25) is 0 Å². The molecule has 0 aliphatic carbocycles. The number of anilines is 1. The predicted molar refractivity (Wildman–Crippen MR) is 75.6 cm³/mol. The molecule has 104 valence electrons. The van der Waals surface area contributed by atoms with Gasteiger partial charge in [0.25, 0.3) is 0 Å². The Hall–Kier alpha value is -1.55. The van der Waals surface area contributed by atoms with Gasteiger partial charge in [0.2, 0.25) is 5.91 Å². The first kappa shape index (κ1) is 13.9. The van der Waals surface area contributed by atoms with Crippen molar-refractivity contribution in [3.63, 3.8) is 0 Å². The molecule has 3 unspecified atom stereocenters. The van der Waals surface area contributed by atoms with Crippen molar-refractivity contribution < 1.29 is 9.90 Å². The van der Waals surface area contributed by atoms with Crippen LogP contribution in [-0.4, -0.2) is 35.1 Å². The Labute approximate surface area is 114 Å². The van der Waals surface area contributed by atoms with Crippen molar-refractivity contribution in [2.45, 2.75) is 32.2 Å². The molecule has 2 rings (SSSR count). The van der Waals surface area contributed by atoms with Crippen LogP contribution in [0.3, 0.4) is 0 Å². The van der Waals surface area contributed by atoms with Crippen LogP contribution >= 0.6 is 0 Å². The van der Waals surface area contributed by atoms with Gasteiger partial charge in [-0.1, -0.05) is 19.1 Å². The normalized spacial score (nSPS) is 24.5. The van der Waals surface area contributed by atoms with Crippen molar-refractivity contribution in [3.05, 3.63) is 29.8 Å². The molecule has 1 amide bonds. The number of benzene rings is 1. The fourth-order valence-electron chi connectivity index (χ4n) is 2.78. The fourth-order valence-corrected chi connectivity index (χ4v) is 2.78. The topological polar surface area (TPSA) is 66.6 Å². The van der Waals surface area contributed by atoms with Crippen LogP contribution in [-0.2, 0) is 4.79 Å². The third kappa shape index (κ3) is 2.73. The van der Waals surface area contributed by atoms with Crippen LogP contribution in [0.1, 0.15) is 31.7 Å². The van der Waals surface area contributed by atoms with Crippen LogP contribution in [0, 0.1) is 5.92 Å². The van der Waals surface area contributed by atoms with Gasteiger partial charge >= 0.3 is 0 Å². The summed E-state index contributed by atoms with van der Waals surface area (Å²) < 4.78 is 0. The average molecular weight is 262 g/mol. The number of carbonyl (C=O) groups is 1. The highest BCUT2D eigenvalue weighted by Gasteiger charge is 2.35. The highest BCUT2D eigenvalue weighted by Crippen LogP contribution is 2.28. The first-order chi connectivity index (χ1) is 9.04. The van der Waals surface area contributed by atoms with Gasteiger partial charge < -0.3 is 15.7 Å². The molecule has 0 spiro atoms. The molecule has 0 radical (unpaired) electrons. The number of aliphatic hydroxyl groups is 1. The van der Waals surface area contributed by atoms with Crippen molar-refractivity contribution >= 4 is 11.6 Å². The van der Waals surface area contributed by atoms with E-state index in [2.05, 4.69) is 6.92 Å². The molecule has 0 aromatic heterocycles. The molecule has 1 aliphatic rings. The molecule has 1 saturated heterocycles. The van der Waals surface area contributed by atoms with Gasteiger partial charge in [0.05, 0.1) is 18.6 Å². The third-order valence-corrected chi connectivity index (χ3v) is 4.13. The summed E-state index contributed by atoms with van der Waals surface area (Å²) >= 11 is 0. The standard InChI is InChI=1S/C15H22N2O2/c1-10-6-7-17(14(10)9-18)15(19)11(2)12-4-3-5-13(16)8-12/h3-5,8,10-11,14,18H,6-7,9,16H2,1-2H3. The van der Waals surface area contributed by atoms with Crippen LogP contribution < -0.4 is 5.73 Å². The molecule has 19 heavy (non-hydrogen) atoms.